The summed E-state index contributed by atoms with van der Waals surface area (Å²) < 4.78 is 4.71. The summed E-state index contributed by atoms with van der Waals surface area (Å²) in [4.78, 5) is 28.0. The molecule has 1 amide bonds. The maximum absolute atomic E-state index is 12.2. The van der Waals surface area contributed by atoms with Crippen LogP contribution in [0, 0.1) is 0 Å². The lowest BCUT2D eigenvalue weighted by atomic mass is 10.0. The monoisotopic (exact) mass is 346 g/mol. The van der Waals surface area contributed by atoms with Gasteiger partial charge in [-0.15, -0.1) is 0 Å². The van der Waals surface area contributed by atoms with Crippen LogP contribution in [0.1, 0.15) is 30.1 Å². The molecular formula is C18H19ClN2O3. The van der Waals surface area contributed by atoms with Gasteiger partial charge in [0.05, 0.1) is 19.6 Å². The average molecular weight is 347 g/mol. The Morgan fingerprint density at radius 2 is 1.96 bits per heavy atom. The van der Waals surface area contributed by atoms with E-state index in [-0.39, 0.29) is 18.3 Å². The molecule has 6 heteroatoms. The lowest BCUT2D eigenvalue weighted by Crippen LogP contribution is -2.30. The van der Waals surface area contributed by atoms with Crippen molar-refractivity contribution >= 4 is 23.5 Å². The van der Waals surface area contributed by atoms with Crippen LogP contribution in [-0.4, -0.2) is 24.0 Å². The Bertz CT molecular complexity index is 674. The summed E-state index contributed by atoms with van der Waals surface area (Å²) in [6, 6.07) is 12.2. The highest BCUT2D eigenvalue weighted by Crippen LogP contribution is 2.20. The van der Waals surface area contributed by atoms with Gasteiger partial charge in [0, 0.05) is 23.3 Å². The predicted octanol–water partition coefficient (Wildman–Crippen LogP) is 3.09. The number of nitrogens with one attached hydrogen (secondary N) is 1. The number of hydrogen-bond donors (Lipinski definition) is 1. The third kappa shape index (κ3) is 5.66. The molecule has 1 aromatic carbocycles. The molecule has 0 unspecified atom stereocenters. The van der Waals surface area contributed by atoms with Gasteiger partial charge < -0.3 is 10.1 Å². The van der Waals surface area contributed by atoms with E-state index in [1.54, 1.807) is 30.5 Å². The number of methoxy groups -OCH3 is 1. The maximum Gasteiger partial charge on any atom is 0.307 e. The van der Waals surface area contributed by atoms with Crippen molar-refractivity contribution in [2.45, 2.75) is 25.3 Å². The number of amides is 1. The number of carbonyl (C=O) groups excluding carboxylic acids is 2. The number of carbonyl (C=O) groups is 2. The molecule has 0 aliphatic heterocycles. The maximum atomic E-state index is 12.2. The number of benzene rings is 1. The molecule has 1 N–H and O–H groups in total. The molecule has 2 rings (SSSR count). The van der Waals surface area contributed by atoms with Crippen molar-refractivity contribution in [2.24, 2.45) is 0 Å². The van der Waals surface area contributed by atoms with Crippen molar-refractivity contribution in [3.8, 4) is 0 Å². The van der Waals surface area contributed by atoms with Crippen LogP contribution in [0.3, 0.4) is 0 Å². The van der Waals surface area contributed by atoms with Gasteiger partial charge >= 0.3 is 5.97 Å². The Morgan fingerprint density at radius 1 is 1.21 bits per heavy atom. The summed E-state index contributed by atoms with van der Waals surface area (Å²) in [7, 11) is 1.32. The smallest absolute Gasteiger partial charge is 0.307 e. The van der Waals surface area contributed by atoms with E-state index in [4.69, 9.17) is 16.3 Å². The van der Waals surface area contributed by atoms with Crippen LogP contribution >= 0.6 is 11.6 Å². The van der Waals surface area contributed by atoms with E-state index in [2.05, 4.69) is 10.3 Å². The highest BCUT2D eigenvalue weighted by molar-refractivity contribution is 6.30. The molecule has 0 spiro atoms. The number of aromatic nitrogens is 1. The fourth-order valence-corrected chi connectivity index (χ4v) is 2.38. The lowest BCUT2D eigenvalue weighted by molar-refractivity contribution is -0.141. The van der Waals surface area contributed by atoms with Gasteiger partial charge in [0.1, 0.15) is 0 Å². The topological polar surface area (TPSA) is 68.3 Å². The number of esters is 1. The number of nitrogens with zero attached hydrogens (tertiary/aromatic N) is 1. The summed E-state index contributed by atoms with van der Waals surface area (Å²) in [5.41, 5.74) is 1.65. The van der Waals surface area contributed by atoms with E-state index in [0.29, 0.717) is 17.9 Å². The molecule has 0 fully saturated rings. The zero-order valence-electron chi connectivity index (χ0n) is 13.4. The summed E-state index contributed by atoms with van der Waals surface area (Å²) in [5, 5.41) is 3.47. The molecule has 0 saturated carbocycles. The van der Waals surface area contributed by atoms with Crippen LogP contribution in [0.15, 0.2) is 48.7 Å². The summed E-state index contributed by atoms with van der Waals surface area (Å²) in [5.74, 6) is -0.538. The van der Waals surface area contributed by atoms with Crippen molar-refractivity contribution in [2.75, 3.05) is 7.11 Å². The number of pyridine rings is 1. The van der Waals surface area contributed by atoms with Gasteiger partial charge in [0.15, 0.2) is 0 Å². The SMILES string of the molecule is COC(=O)C[C@@H](NC(=O)CCc1ccccn1)c1ccc(Cl)cc1. The van der Waals surface area contributed by atoms with Crippen LogP contribution in [-0.2, 0) is 20.7 Å². The van der Waals surface area contributed by atoms with Crippen LogP contribution < -0.4 is 5.32 Å². The fourth-order valence-electron chi connectivity index (χ4n) is 2.25. The van der Waals surface area contributed by atoms with E-state index < -0.39 is 6.04 Å². The molecule has 5 nitrogen and oxygen atoms in total. The van der Waals surface area contributed by atoms with Crippen LogP contribution in [0.4, 0.5) is 0 Å². The molecule has 1 aromatic heterocycles. The Labute approximate surface area is 146 Å². The number of halogens is 1. The second kappa shape index (κ2) is 9.03. The standard InChI is InChI=1S/C18H19ClN2O3/c1-24-18(23)12-16(13-5-7-14(19)8-6-13)21-17(22)10-9-15-4-2-3-11-20-15/h2-8,11,16H,9-10,12H2,1H3,(H,21,22)/t16-/m1/s1. The Hall–Kier alpha value is -2.40. The van der Waals surface area contributed by atoms with Gasteiger partial charge in [0.2, 0.25) is 5.91 Å². The minimum Gasteiger partial charge on any atom is -0.469 e. The van der Waals surface area contributed by atoms with Crippen molar-refractivity contribution in [1.82, 2.24) is 10.3 Å². The van der Waals surface area contributed by atoms with Gasteiger partial charge in [-0.3, -0.25) is 14.6 Å². The van der Waals surface area contributed by atoms with Crippen molar-refractivity contribution in [1.29, 1.82) is 0 Å². The number of hydrogen-bond acceptors (Lipinski definition) is 4. The van der Waals surface area contributed by atoms with Crippen molar-refractivity contribution in [3.05, 3.63) is 64.9 Å². The van der Waals surface area contributed by atoms with Gasteiger partial charge in [-0.1, -0.05) is 29.8 Å². The number of rotatable bonds is 7. The molecule has 0 aliphatic rings. The van der Waals surface area contributed by atoms with Gasteiger partial charge in [-0.2, -0.15) is 0 Å². The first kappa shape index (κ1) is 17.9. The molecule has 0 radical (unpaired) electrons. The summed E-state index contributed by atoms with van der Waals surface area (Å²) in [6.07, 6.45) is 2.59. The summed E-state index contributed by atoms with van der Waals surface area (Å²) in [6.45, 7) is 0. The second-order valence-corrected chi connectivity index (χ2v) is 5.71. The number of ether oxygens (including phenoxy) is 1. The largest absolute Gasteiger partial charge is 0.469 e. The molecule has 0 bridgehead atoms. The Kier molecular flexibility index (Phi) is 6.75. The quantitative estimate of drug-likeness (QED) is 0.782. The molecule has 126 valence electrons. The third-order valence-corrected chi connectivity index (χ3v) is 3.79. The highest BCUT2D eigenvalue weighted by Gasteiger charge is 2.19. The fraction of sp³-hybridized carbons (Fsp3) is 0.278. The van der Waals surface area contributed by atoms with E-state index in [0.717, 1.165) is 11.3 Å². The van der Waals surface area contributed by atoms with Crippen LogP contribution in [0.25, 0.3) is 0 Å². The molecular weight excluding hydrogens is 328 g/mol. The van der Waals surface area contributed by atoms with Gasteiger partial charge in [-0.25, -0.2) is 0 Å². The molecule has 1 atom stereocenters. The van der Waals surface area contributed by atoms with Gasteiger partial charge in [-0.05, 0) is 36.2 Å². The predicted molar refractivity (Wildman–Crippen MR) is 91.5 cm³/mol. The zero-order valence-corrected chi connectivity index (χ0v) is 14.1. The van der Waals surface area contributed by atoms with Gasteiger partial charge in [0.25, 0.3) is 0 Å². The van der Waals surface area contributed by atoms with E-state index in [1.807, 2.05) is 18.2 Å². The average Bonchev–Trinajstić information content (AvgIpc) is 2.61. The lowest BCUT2D eigenvalue weighted by Gasteiger charge is -2.18. The van der Waals surface area contributed by atoms with Crippen molar-refractivity contribution < 1.29 is 14.3 Å². The first-order valence-corrected chi connectivity index (χ1v) is 7.98. The third-order valence-electron chi connectivity index (χ3n) is 3.54. The van der Waals surface area contributed by atoms with E-state index in [1.165, 1.54) is 7.11 Å². The minimum atomic E-state index is -0.453. The van der Waals surface area contributed by atoms with E-state index >= 15 is 0 Å². The number of aryl methyl sites for hydroxylation is 1. The molecule has 0 saturated heterocycles. The second-order valence-electron chi connectivity index (χ2n) is 5.27. The van der Waals surface area contributed by atoms with E-state index in [9.17, 15) is 9.59 Å². The highest BCUT2D eigenvalue weighted by atomic mass is 35.5. The Morgan fingerprint density at radius 3 is 2.58 bits per heavy atom. The minimum absolute atomic E-state index is 0.0630. The molecule has 24 heavy (non-hydrogen) atoms. The van der Waals surface area contributed by atoms with Crippen molar-refractivity contribution in [3.63, 3.8) is 0 Å². The van der Waals surface area contributed by atoms with Crippen LogP contribution in [0.5, 0.6) is 0 Å². The molecule has 1 heterocycles. The first-order chi connectivity index (χ1) is 11.6. The summed E-state index contributed by atoms with van der Waals surface area (Å²) >= 11 is 5.89. The zero-order chi connectivity index (χ0) is 17.4. The molecule has 0 aliphatic carbocycles. The van der Waals surface area contributed by atoms with Crippen LogP contribution in [0.2, 0.25) is 5.02 Å². The molecule has 2 aromatic rings. The Balaban J connectivity index is 2.00. The first-order valence-electron chi connectivity index (χ1n) is 7.60. The normalized spacial score (nSPS) is 11.6.